The summed E-state index contributed by atoms with van der Waals surface area (Å²) >= 11 is 0. The van der Waals surface area contributed by atoms with Crippen LogP contribution in [0.3, 0.4) is 0 Å². The largest absolute Gasteiger partial charge is 0.324 e. The fraction of sp³-hybridized carbons (Fsp3) is 0.538. The van der Waals surface area contributed by atoms with Crippen LogP contribution >= 0.6 is 0 Å². The van der Waals surface area contributed by atoms with Crippen molar-refractivity contribution in [2.75, 3.05) is 18.8 Å². The van der Waals surface area contributed by atoms with Gasteiger partial charge in [-0.2, -0.15) is 0 Å². The lowest BCUT2D eigenvalue weighted by Gasteiger charge is -2.33. The maximum absolute atomic E-state index is 11.9. The van der Waals surface area contributed by atoms with Crippen molar-refractivity contribution in [1.82, 2.24) is 5.32 Å². The van der Waals surface area contributed by atoms with E-state index in [1.165, 1.54) is 0 Å². The van der Waals surface area contributed by atoms with Crippen molar-refractivity contribution in [3.8, 4) is 0 Å². The van der Waals surface area contributed by atoms with E-state index in [1.54, 1.807) is 6.07 Å². The molecule has 4 nitrogen and oxygen atoms in total. The summed E-state index contributed by atoms with van der Waals surface area (Å²) in [7, 11) is -3.05. The van der Waals surface area contributed by atoms with Gasteiger partial charge in [0, 0.05) is 25.0 Å². The van der Waals surface area contributed by atoms with Crippen LogP contribution in [0.25, 0.3) is 0 Å². The van der Waals surface area contributed by atoms with Gasteiger partial charge in [0.25, 0.3) is 0 Å². The minimum absolute atomic E-state index is 0.0150. The van der Waals surface area contributed by atoms with Crippen LogP contribution in [0.2, 0.25) is 0 Å². The number of rotatable bonds is 2. The minimum atomic E-state index is -3.05. The third kappa shape index (κ3) is 1.96. The van der Waals surface area contributed by atoms with E-state index < -0.39 is 9.84 Å². The molecule has 18 heavy (non-hydrogen) atoms. The summed E-state index contributed by atoms with van der Waals surface area (Å²) in [4.78, 5) is 0.511. The molecule has 3 rings (SSSR count). The molecule has 1 atom stereocenters. The molecule has 0 bridgehead atoms. The number of fused-ring (bicyclic) bond motifs is 1. The fourth-order valence-corrected chi connectivity index (χ4v) is 4.29. The highest BCUT2D eigenvalue weighted by molar-refractivity contribution is 7.91. The second-order valence-electron chi connectivity index (χ2n) is 5.23. The highest BCUT2D eigenvalue weighted by Crippen LogP contribution is 2.30. The van der Waals surface area contributed by atoms with Gasteiger partial charge >= 0.3 is 0 Å². The number of hydrogen-bond donors (Lipinski definition) is 2. The summed E-state index contributed by atoms with van der Waals surface area (Å²) in [6.45, 7) is 1.91. The van der Waals surface area contributed by atoms with Gasteiger partial charge in [-0.3, -0.25) is 0 Å². The van der Waals surface area contributed by atoms with Crippen LogP contribution in [0.1, 0.15) is 23.6 Å². The second kappa shape index (κ2) is 4.33. The summed E-state index contributed by atoms with van der Waals surface area (Å²) in [5, 5.41) is 3.21. The Morgan fingerprint density at radius 2 is 2.11 bits per heavy atom. The number of benzene rings is 1. The lowest BCUT2D eigenvalue weighted by atomic mass is 9.88. The molecule has 3 N–H and O–H groups in total. The summed E-state index contributed by atoms with van der Waals surface area (Å²) in [6, 6.07) is 5.63. The highest BCUT2D eigenvalue weighted by Gasteiger charge is 2.28. The highest BCUT2D eigenvalue weighted by atomic mass is 32.2. The van der Waals surface area contributed by atoms with Gasteiger partial charge in [-0.1, -0.05) is 12.1 Å². The monoisotopic (exact) mass is 266 g/mol. The predicted octanol–water partition coefficient (Wildman–Crippen LogP) is 0.626. The van der Waals surface area contributed by atoms with Crippen molar-refractivity contribution in [3.05, 3.63) is 29.3 Å². The summed E-state index contributed by atoms with van der Waals surface area (Å²) in [5.74, 6) is 0.751. The molecule has 2 aliphatic rings. The molecule has 1 aromatic carbocycles. The number of nitrogens with two attached hydrogens (primary N) is 1. The van der Waals surface area contributed by atoms with E-state index in [2.05, 4.69) is 5.32 Å². The maximum atomic E-state index is 11.9. The molecule has 0 aromatic heterocycles. The van der Waals surface area contributed by atoms with Gasteiger partial charge in [0.15, 0.2) is 9.84 Å². The Morgan fingerprint density at radius 3 is 2.78 bits per heavy atom. The van der Waals surface area contributed by atoms with Gasteiger partial charge in [0.05, 0.1) is 10.6 Å². The topological polar surface area (TPSA) is 72.2 Å². The molecule has 1 aromatic rings. The first-order valence-electron chi connectivity index (χ1n) is 6.40. The standard InChI is InChI=1S/C13H18N2O2S/c14-13(11-7-15-8-11)10-3-4-12-9(6-10)2-1-5-18(12,16)17/h3-4,6,11,13,15H,1-2,5,7-8,14H2. The molecule has 0 saturated carbocycles. The number of aryl methyl sites for hydroxylation is 1. The summed E-state index contributed by atoms with van der Waals surface area (Å²) in [6.07, 6.45) is 1.57. The van der Waals surface area contributed by atoms with Crippen LogP contribution in [-0.2, 0) is 16.3 Å². The van der Waals surface area contributed by atoms with Crippen molar-refractivity contribution >= 4 is 9.84 Å². The van der Waals surface area contributed by atoms with Gasteiger partial charge in [-0.15, -0.1) is 0 Å². The van der Waals surface area contributed by atoms with Gasteiger partial charge in [-0.05, 0) is 30.0 Å². The Labute approximate surface area is 107 Å². The lowest BCUT2D eigenvalue weighted by molar-refractivity contribution is 0.294. The quantitative estimate of drug-likeness (QED) is 0.823. The third-order valence-corrected chi connectivity index (χ3v) is 5.88. The summed E-state index contributed by atoms with van der Waals surface area (Å²) < 4.78 is 23.8. The molecule has 2 aliphatic heterocycles. The van der Waals surface area contributed by atoms with Crippen molar-refractivity contribution in [2.24, 2.45) is 11.7 Å². The molecule has 1 unspecified atom stereocenters. The zero-order valence-electron chi connectivity index (χ0n) is 10.2. The van der Waals surface area contributed by atoms with Crippen LogP contribution < -0.4 is 11.1 Å². The average molecular weight is 266 g/mol. The first-order chi connectivity index (χ1) is 8.58. The van der Waals surface area contributed by atoms with E-state index in [0.29, 0.717) is 10.8 Å². The molecule has 2 heterocycles. The van der Waals surface area contributed by atoms with Crippen LogP contribution in [0.15, 0.2) is 23.1 Å². The fourth-order valence-electron chi connectivity index (χ4n) is 2.71. The predicted molar refractivity (Wildman–Crippen MR) is 70.1 cm³/mol. The molecular formula is C13H18N2O2S. The molecule has 0 spiro atoms. The molecule has 0 radical (unpaired) electrons. The Balaban J connectivity index is 1.95. The van der Waals surface area contributed by atoms with Crippen LogP contribution in [0.5, 0.6) is 0 Å². The van der Waals surface area contributed by atoms with E-state index in [0.717, 1.165) is 37.1 Å². The van der Waals surface area contributed by atoms with Crippen LogP contribution in [0, 0.1) is 5.92 Å². The number of nitrogens with one attached hydrogen (secondary N) is 1. The SMILES string of the molecule is NC(c1ccc2c(c1)CCCS2(=O)=O)C1CNC1. The Hall–Kier alpha value is -0.910. The van der Waals surface area contributed by atoms with Crippen molar-refractivity contribution in [2.45, 2.75) is 23.8 Å². The van der Waals surface area contributed by atoms with E-state index >= 15 is 0 Å². The molecule has 5 heteroatoms. The van der Waals surface area contributed by atoms with Crippen molar-refractivity contribution in [3.63, 3.8) is 0 Å². The Kier molecular flexibility index (Phi) is 2.92. The molecule has 0 amide bonds. The molecule has 1 saturated heterocycles. The van der Waals surface area contributed by atoms with E-state index in [4.69, 9.17) is 5.73 Å². The van der Waals surface area contributed by atoms with Gasteiger partial charge in [-0.25, -0.2) is 8.42 Å². The normalized spacial score (nSPS) is 24.1. The van der Waals surface area contributed by atoms with Gasteiger partial charge < -0.3 is 11.1 Å². The van der Waals surface area contributed by atoms with Crippen LogP contribution in [0.4, 0.5) is 0 Å². The minimum Gasteiger partial charge on any atom is -0.324 e. The molecular weight excluding hydrogens is 248 g/mol. The zero-order chi connectivity index (χ0) is 12.8. The van der Waals surface area contributed by atoms with Crippen LogP contribution in [-0.4, -0.2) is 27.3 Å². The van der Waals surface area contributed by atoms with E-state index in [1.807, 2.05) is 12.1 Å². The van der Waals surface area contributed by atoms with E-state index in [9.17, 15) is 8.42 Å². The summed E-state index contributed by atoms with van der Waals surface area (Å²) in [5.41, 5.74) is 8.22. The number of hydrogen-bond acceptors (Lipinski definition) is 4. The molecule has 98 valence electrons. The molecule has 1 fully saturated rings. The third-order valence-electron chi connectivity index (χ3n) is 3.98. The smallest absolute Gasteiger partial charge is 0.178 e. The zero-order valence-corrected chi connectivity index (χ0v) is 11.0. The van der Waals surface area contributed by atoms with Gasteiger partial charge in [0.1, 0.15) is 0 Å². The van der Waals surface area contributed by atoms with Crippen molar-refractivity contribution in [1.29, 1.82) is 0 Å². The van der Waals surface area contributed by atoms with Gasteiger partial charge in [0.2, 0.25) is 0 Å². The Morgan fingerprint density at radius 1 is 1.33 bits per heavy atom. The average Bonchev–Trinajstić information content (AvgIpc) is 2.25. The van der Waals surface area contributed by atoms with E-state index in [-0.39, 0.29) is 11.8 Å². The lowest BCUT2D eigenvalue weighted by Crippen LogP contribution is -2.47. The molecule has 0 aliphatic carbocycles. The first kappa shape index (κ1) is 12.1. The first-order valence-corrected chi connectivity index (χ1v) is 8.05. The Bertz CT molecular complexity index is 564. The van der Waals surface area contributed by atoms with Crippen molar-refractivity contribution < 1.29 is 8.42 Å². The number of sulfone groups is 1. The second-order valence-corrected chi connectivity index (χ2v) is 7.31. The maximum Gasteiger partial charge on any atom is 0.178 e.